The minimum atomic E-state index is -0.675. The van der Waals surface area contributed by atoms with Crippen LogP contribution in [0.3, 0.4) is 0 Å². The molecule has 166 valence electrons. The highest BCUT2D eigenvalue weighted by Gasteiger charge is 2.34. The quantitative estimate of drug-likeness (QED) is 0.674. The van der Waals surface area contributed by atoms with E-state index < -0.39 is 6.04 Å². The summed E-state index contributed by atoms with van der Waals surface area (Å²) in [4.78, 5) is 39.9. The average molecular weight is 428 g/mol. The number of rotatable bonds is 8. The Morgan fingerprint density at radius 3 is 2.61 bits per heavy atom. The summed E-state index contributed by atoms with van der Waals surface area (Å²) in [5.74, 6) is 0.118. The summed E-state index contributed by atoms with van der Waals surface area (Å²) in [7, 11) is 1.54. The number of methoxy groups -OCH3 is 1. The standard InChI is InChI=1S/C23H29N3O5/c1-3-11-24-22(28)20(25-21(27)17-6-4-7-18(15-17)30-2)16-9-12-26(13-10-16)23(29)19-8-5-14-31-19/h4-8,14-16,20H,3,9-13H2,1-2H3,(H,24,28)(H,25,27). The van der Waals surface area contributed by atoms with Gasteiger partial charge >= 0.3 is 0 Å². The molecule has 2 N–H and O–H groups in total. The molecular formula is C23H29N3O5. The van der Waals surface area contributed by atoms with Gasteiger partial charge in [-0.25, -0.2) is 0 Å². The number of furan rings is 1. The zero-order valence-corrected chi connectivity index (χ0v) is 17.9. The van der Waals surface area contributed by atoms with E-state index in [0.29, 0.717) is 49.5 Å². The van der Waals surface area contributed by atoms with Gasteiger partial charge in [0.15, 0.2) is 5.76 Å². The number of amides is 3. The van der Waals surface area contributed by atoms with Gasteiger partial charge in [0.1, 0.15) is 11.8 Å². The van der Waals surface area contributed by atoms with Crippen molar-refractivity contribution in [3.8, 4) is 5.75 Å². The second kappa shape index (κ2) is 10.7. The zero-order valence-electron chi connectivity index (χ0n) is 17.9. The molecule has 8 heteroatoms. The van der Waals surface area contributed by atoms with Crippen LogP contribution < -0.4 is 15.4 Å². The van der Waals surface area contributed by atoms with Crippen LogP contribution in [0.15, 0.2) is 47.1 Å². The van der Waals surface area contributed by atoms with E-state index in [9.17, 15) is 14.4 Å². The van der Waals surface area contributed by atoms with Crippen molar-refractivity contribution in [3.63, 3.8) is 0 Å². The number of carbonyl (C=O) groups excluding carboxylic acids is 3. The number of hydrogen-bond donors (Lipinski definition) is 2. The number of hydrogen-bond acceptors (Lipinski definition) is 5. The summed E-state index contributed by atoms with van der Waals surface area (Å²) in [6, 6.07) is 9.47. The van der Waals surface area contributed by atoms with Crippen LogP contribution in [0.2, 0.25) is 0 Å². The molecule has 8 nitrogen and oxygen atoms in total. The summed E-state index contributed by atoms with van der Waals surface area (Å²) < 4.78 is 10.4. The van der Waals surface area contributed by atoms with Crippen molar-refractivity contribution >= 4 is 17.7 Å². The van der Waals surface area contributed by atoms with Gasteiger partial charge < -0.3 is 24.7 Å². The van der Waals surface area contributed by atoms with E-state index in [4.69, 9.17) is 9.15 Å². The number of nitrogens with zero attached hydrogens (tertiary/aromatic N) is 1. The molecule has 1 aliphatic heterocycles. The van der Waals surface area contributed by atoms with Gasteiger partial charge in [-0.1, -0.05) is 13.0 Å². The Morgan fingerprint density at radius 2 is 1.97 bits per heavy atom. The SMILES string of the molecule is CCCNC(=O)C(NC(=O)c1cccc(OC)c1)C1CCN(C(=O)c2ccco2)CC1. The topological polar surface area (TPSA) is 101 Å². The molecule has 0 radical (unpaired) electrons. The molecule has 0 saturated carbocycles. The third-order valence-electron chi connectivity index (χ3n) is 5.48. The number of likely N-dealkylation sites (tertiary alicyclic amines) is 1. The first-order valence-electron chi connectivity index (χ1n) is 10.6. The first kappa shape index (κ1) is 22.4. The summed E-state index contributed by atoms with van der Waals surface area (Å²) in [6.07, 6.45) is 3.49. The molecule has 0 spiro atoms. The molecule has 2 aromatic rings. The minimum Gasteiger partial charge on any atom is -0.497 e. The maximum Gasteiger partial charge on any atom is 0.289 e. The van der Waals surface area contributed by atoms with Crippen molar-refractivity contribution in [1.82, 2.24) is 15.5 Å². The molecule has 1 atom stereocenters. The normalized spacial score (nSPS) is 15.2. The highest BCUT2D eigenvalue weighted by atomic mass is 16.5. The molecular weight excluding hydrogens is 398 g/mol. The molecule has 2 heterocycles. The van der Waals surface area contributed by atoms with Crippen LogP contribution in [0.1, 0.15) is 47.1 Å². The van der Waals surface area contributed by atoms with Gasteiger partial charge in [-0.2, -0.15) is 0 Å². The fourth-order valence-corrected chi connectivity index (χ4v) is 3.74. The van der Waals surface area contributed by atoms with Gasteiger partial charge in [0.05, 0.1) is 13.4 Å². The Balaban J connectivity index is 1.68. The van der Waals surface area contributed by atoms with Gasteiger partial charge in [-0.05, 0) is 55.5 Å². The zero-order chi connectivity index (χ0) is 22.2. The van der Waals surface area contributed by atoms with E-state index in [0.717, 1.165) is 6.42 Å². The van der Waals surface area contributed by atoms with Gasteiger partial charge in [0.2, 0.25) is 5.91 Å². The second-order valence-electron chi connectivity index (χ2n) is 7.58. The second-order valence-corrected chi connectivity index (χ2v) is 7.58. The van der Waals surface area contributed by atoms with Gasteiger partial charge in [0, 0.05) is 25.2 Å². The van der Waals surface area contributed by atoms with E-state index in [2.05, 4.69) is 10.6 Å². The molecule has 1 saturated heterocycles. The van der Waals surface area contributed by atoms with Gasteiger partial charge in [-0.15, -0.1) is 0 Å². The molecule has 0 aliphatic carbocycles. The maximum absolute atomic E-state index is 12.8. The summed E-state index contributed by atoms with van der Waals surface area (Å²) in [5.41, 5.74) is 0.429. The highest BCUT2D eigenvalue weighted by Crippen LogP contribution is 2.23. The molecule has 1 fully saturated rings. The van der Waals surface area contributed by atoms with Crippen molar-refractivity contribution in [2.24, 2.45) is 5.92 Å². The van der Waals surface area contributed by atoms with E-state index in [1.54, 1.807) is 41.3 Å². The lowest BCUT2D eigenvalue weighted by atomic mass is 9.88. The van der Waals surface area contributed by atoms with E-state index in [1.165, 1.54) is 13.4 Å². The monoisotopic (exact) mass is 427 g/mol. The predicted octanol–water partition coefficient (Wildman–Crippen LogP) is 2.47. The van der Waals surface area contributed by atoms with Crippen LogP contribution in [-0.4, -0.2) is 55.4 Å². The van der Waals surface area contributed by atoms with Crippen LogP contribution in [0.5, 0.6) is 5.75 Å². The van der Waals surface area contributed by atoms with E-state index in [-0.39, 0.29) is 23.6 Å². The highest BCUT2D eigenvalue weighted by molar-refractivity contribution is 5.98. The third kappa shape index (κ3) is 5.65. The Hall–Kier alpha value is -3.29. The number of ether oxygens (including phenoxy) is 1. The molecule has 3 rings (SSSR count). The maximum atomic E-state index is 12.8. The molecule has 1 unspecified atom stereocenters. The molecule has 1 aliphatic rings. The predicted molar refractivity (Wildman–Crippen MR) is 115 cm³/mol. The van der Waals surface area contributed by atoms with Crippen molar-refractivity contribution < 1.29 is 23.5 Å². The van der Waals surface area contributed by atoms with Crippen LogP contribution in [-0.2, 0) is 4.79 Å². The first-order valence-corrected chi connectivity index (χ1v) is 10.6. The number of nitrogens with one attached hydrogen (secondary N) is 2. The van der Waals surface area contributed by atoms with Crippen LogP contribution in [0, 0.1) is 5.92 Å². The fourth-order valence-electron chi connectivity index (χ4n) is 3.74. The Bertz CT molecular complexity index is 888. The molecule has 1 aromatic carbocycles. The van der Waals surface area contributed by atoms with E-state index in [1.807, 2.05) is 6.92 Å². The van der Waals surface area contributed by atoms with Crippen LogP contribution in [0.4, 0.5) is 0 Å². The van der Waals surface area contributed by atoms with Crippen molar-refractivity contribution in [1.29, 1.82) is 0 Å². The Kier molecular flexibility index (Phi) is 7.70. The van der Waals surface area contributed by atoms with E-state index >= 15 is 0 Å². The number of carbonyl (C=O) groups is 3. The Morgan fingerprint density at radius 1 is 1.19 bits per heavy atom. The van der Waals surface area contributed by atoms with Gasteiger partial charge in [-0.3, -0.25) is 14.4 Å². The molecule has 31 heavy (non-hydrogen) atoms. The lowest BCUT2D eigenvalue weighted by Crippen LogP contribution is -2.54. The molecule has 0 bridgehead atoms. The largest absolute Gasteiger partial charge is 0.497 e. The molecule has 3 amide bonds. The van der Waals surface area contributed by atoms with Crippen LogP contribution in [0.25, 0.3) is 0 Å². The Labute approximate surface area is 181 Å². The van der Waals surface area contributed by atoms with Gasteiger partial charge in [0.25, 0.3) is 11.8 Å². The van der Waals surface area contributed by atoms with Crippen LogP contribution >= 0.6 is 0 Å². The summed E-state index contributed by atoms with van der Waals surface area (Å²) >= 11 is 0. The molecule has 1 aromatic heterocycles. The van der Waals surface area contributed by atoms with Crippen molar-refractivity contribution in [2.75, 3.05) is 26.7 Å². The third-order valence-corrected chi connectivity index (χ3v) is 5.48. The summed E-state index contributed by atoms with van der Waals surface area (Å²) in [5, 5.41) is 5.80. The lowest BCUT2D eigenvalue weighted by molar-refractivity contribution is -0.124. The van der Waals surface area contributed by atoms with Crippen molar-refractivity contribution in [3.05, 3.63) is 54.0 Å². The smallest absolute Gasteiger partial charge is 0.289 e. The minimum absolute atomic E-state index is 0.0768. The average Bonchev–Trinajstić information content (AvgIpc) is 3.35. The summed E-state index contributed by atoms with van der Waals surface area (Å²) in [6.45, 7) is 3.51. The number of piperidine rings is 1. The fraction of sp³-hybridized carbons (Fsp3) is 0.435. The number of benzene rings is 1. The van der Waals surface area contributed by atoms with Crippen molar-refractivity contribution in [2.45, 2.75) is 32.2 Å². The lowest BCUT2D eigenvalue weighted by Gasteiger charge is -2.35. The first-order chi connectivity index (χ1) is 15.0.